The average Bonchev–Trinajstić information content (AvgIpc) is 2.86. The second-order valence-corrected chi connectivity index (χ2v) is 5.54. The van der Waals surface area contributed by atoms with Gasteiger partial charge in [-0.1, -0.05) is 42.5 Å². The molecule has 1 aromatic heterocycles. The average molecular weight is 311 g/mol. The van der Waals surface area contributed by atoms with E-state index >= 15 is 0 Å². The molecule has 0 amide bonds. The largest absolute Gasteiger partial charge is 0.389 e. The molecule has 0 saturated carbocycles. The van der Waals surface area contributed by atoms with Gasteiger partial charge in [0.2, 0.25) is 0 Å². The van der Waals surface area contributed by atoms with Crippen LogP contribution in [0.2, 0.25) is 0 Å². The number of nitrogens with two attached hydrogens (primary N) is 1. The van der Waals surface area contributed by atoms with Crippen molar-refractivity contribution in [2.24, 2.45) is 5.73 Å². The number of rotatable bonds is 5. The van der Waals surface area contributed by atoms with E-state index in [2.05, 4.69) is 21.7 Å². The van der Waals surface area contributed by atoms with Crippen molar-refractivity contribution in [3.63, 3.8) is 0 Å². The van der Waals surface area contributed by atoms with Crippen molar-refractivity contribution in [2.45, 2.75) is 13.2 Å². The minimum Gasteiger partial charge on any atom is -0.389 e. The molecule has 0 fully saturated rings. The van der Waals surface area contributed by atoms with Crippen LogP contribution in [-0.2, 0) is 17.9 Å². The van der Waals surface area contributed by atoms with Crippen LogP contribution in [0.15, 0.2) is 48.5 Å². The van der Waals surface area contributed by atoms with Crippen LogP contribution < -0.4 is 5.73 Å². The number of hydrogen-bond acceptors (Lipinski definition) is 3. The Labute approximate surface area is 134 Å². The summed E-state index contributed by atoms with van der Waals surface area (Å²) in [6.45, 7) is 1.18. The molecule has 1 heterocycles. The van der Waals surface area contributed by atoms with E-state index in [1.165, 1.54) is 0 Å². The van der Waals surface area contributed by atoms with Crippen LogP contribution in [0.1, 0.15) is 17.0 Å². The minimum atomic E-state index is 0.412. The van der Waals surface area contributed by atoms with E-state index in [0.717, 1.165) is 28.0 Å². The van der Waals surface area contributed by atoms with Gasteiger partial charge in [0.05, 0.1) is 11.0 Å². The zero-order chi connectivity index (χ0) is 15.5. The molecule has 0 unspecified atom stereocenters. The first kappa shape index (κ1) is 14.7. The summed E-state index contributed by atoms with van der Waals surface area (Å²) in [5.74, 6) is 0.907. The fourth-order valence-corrected chi connectivity index (χ4v) is 2.67. The van der Waals surface area contributed by atoms with E-state index < -0.39 is 0 Å². The summed E-state index contributed by atoms with van der Waals surface area (Å²) in [6.07, 6.45) is 0. The van der Waals surface area contributed by atoms with Crippen LogP contribution >= 0.6 is 12.2 Å². The fourth-order valence-electron chi connectivity index (χ4n) is 2.55. The summed E-state index contributed by atoms with van der Waals surface area (Å²) >= 11 is 5.05. The molecule has 0 spiro atoms. The smallest absolute Gasteiger partial charge is 0.136 e. The maximum atomic E-state index is 5.72. The molecule has 3 rings (SSSR count). The number of hydrogen-bond donors (Lipinski definition) is 1. The number of imidazole rings is 1. The maximum absolute atomic E-state index is 5.72. The Balaban J connectivity index is 2.04. The Hall–Kier alpha value is -2.24. The third kappa shape index (κ3) is 2.86. The Bertz CT molecular complexity index is 826. The highest BCUT2D eigenvalue weighted by Gasteiger charge is 2.11. The second kappa shape index (κ2) is 6.25. The first-order chi connectivity index (χ1) is 10.7. The zero-order valence-electron chi connectivity index (χ0n) is 12.3. The Morgan fingerprint density at radius 3 is 2.82 bits per heavy atom. The van der Waals surface area contributed by atoms with Gasteiger partial charge in [-0.05, 0) is 23.8 Å². The molecule has 5 heteroatoms. The molecule has 3 aromatic rings. The van der Waals surface area contributed by atoms with E-state index in [9.17, 15) is 0 Å². The topological polar surface area (TPSA) is 53.1 Å². The molecular formula is C17H17N3OS. The SMILES string of the molecule is COCc1nc2ccccc2n1Cc1cccc(C(N)=S)c1. The van der Waals surface area contributed by atoms with Gasteiger partial charge in [0.25, 0.3) is 0 Å². The van der Waals surface area contributed by atoms with Crippen LogP contribution in [0.4, 0.5) is 0 Å². The Kier molecular flexibility index (Phi) is 4.18. The highest BCUT2D eigenvalue weighted by molar-refractivity contribution is 7.80. The van der Waals surface area contributed by atoms with E-state index in [1.54, 1.807) is 7.11 Å². The molecule has 0 saturated heterocycles. The molecule has 112 valence electrons. The van der Waals surface area contributed by atoms with Gasteiger partial charge in [0.1, 0.15) is 17.4 Å². The standard InChI is InChI=1S/C17H17N3OS/c1-21-11-16-19-14-7-2-3-8-15(14)20(16)10-12-5-4-6-13(9-12)17(18)22/h2-9H,10-11H2,1H3,(H2,18,22). The Morgan fingerprint density at radius 1 is 1.23 bits per heavy atom. The van der Waals surface area contributed by atoms with E-state index in [-0.39, 0.29) is 0 Å². The van der Waals surface area contributed by atoms with Gasteiger partial charge in [0.15, 0.2) is 0 Å². The number of methoxy groups -OCH3 is 1. The maximum Gasteiger partial charge on any atom is 0.136 e. The van der Waals surface area contributed by atoms with Gasteiger partial charge < -0.3 is 15.0 Å². The number of benzene rings is 2. The lowest BCUT2D eigenvalue weighted by Gasteiger charge is -2.10. The van der Waals surface area contributed by atoms with Gasteiger partial charge in [0, 0.05) is 19.2 Å². The second-order valence-electron chi connectivity index (χ2n) is 5.10. The third-order valence-corrected chi connectivity index (χ3v) is 3.79. The minimum absolute atomic E-state index is 0.412. The fraction of sp³-hybridized carbons (Fsp3) is 0.176. The van der Waals surface area contributed by atoms with Crippen LogP contribution in [0, 0.1) is 0 Å². The first-order valence-electron chi connectivity index (χ1n) is 7.01. The third-order valence-electron chi connectivity index (χ3n) is 3.56. The molecular weight excluding hydrogens is 294 g/mol. The summed E-state index contributed by atoms with van der Waals surface area (Å²) in [7, 11) is 1.68. The van der Waals surface area contributed by atoms with Crippen LogP contribution in [0.3, 0.4) is 0 Å². The van der Waals surface area contributed by atoms with Gasteiger partial charge in [-0.3, -0.25) is 0 Å². The van der Waals surface area contributed by atoms with Crippen molar-refractivity contribution in [3.8, 4) is 0 Å². The molecule has 0 aliphatic carbocycles. The number of aromatic nitrogens is 2. The molecule has 0 aliphatic heterocycles. The lowest BCUT2D eigenvalue weighted by atomic mass is 10.1. The summed E-state index contributed by atoms with van der Waals surface area (Å²) in [4.78, 5) is 5.06. The van der Waals surface area contributed by atoms with Gasteiger partial charge in [-0.2, -0.15) is 0 Å². The van der Waals surface area contributed by atoms with Crippen molar-refractivity contribution in [1.82, 2.24) is 9.55 Å². The van der Waals surface area contributed by atoms with Crippen molar-refractivity contribution in [3.05, 3.63) is 65.5 Å². The monoisotopic (exact) mass is 311 g/mol. The molecule has 0 atom stereocenters. The number of fused-ring (bicyclic) bond motifs is 1. The van der Waals surface area contributed by atoms with Crippen LogP contribution in [0.5, 0.6) is 0 Å². The number of ether oxygens (including phenoxy) is 1. The highest BCUT2D eigenvalue weighted by atomic mass is 32.1. The molecule has 22 heavy (non-hydrogen) atoms. The van der Waals surface area contributed by atoms with E-state index in [4.69, 9.17) is 22.7 Å². The van der Waals surface area contributed by atoms with Crippen LogP contribution in [0.25, 0.3) is 11.0 Å². The van der Waals surface area contributed by atoms with Crippen molar-refractivity contribution >= 4 is 28.2 Å². The molecule has 0 aliphatic rings. The molecule has 4 nitrogen and oxygen atoms in total. The zero-order valence-corrected chi connectivity index (χ0v) is 13.1. The molecule has 0 radical (unpaired) electrons. The summed E-state index contributed by atoms with van der Waals surface area (Å²) in [5, 5.41) is 0. The normalized spacial score (nSPS) is 11.0. The highest BCUT2D eigenvalue weighted by Crippen LogP contribution is 2.19. The summed E-state index contributed by atoms with van der Waals surface area (Å²) in [5.41, 5.74) is 9.79. The quantitative estimate of drug-likeness (QED) is 0.736. The number of nitrogens with zero attached hydrogens (tertiary/aromatic N) is 2. The van der Waals surface area contributed by atoms with E-state index in [0.29, 0.717) is 18.1 Å². The number of thiocarbonyl (C=S) groups is 1. The van der Waals surface area contributed by atoms with Gasteiger partial charge in [-0.15, -0.1) is 0 Å². The predicted octanol–water partition coefficient (Wildman–Crippen LogP) is 2.87. The van der Waals surface area contributed by atoms with Gasteiger partial charge >= 0.3 is 0 Å². The molecule has 2 aromatic carbocycles. The first-order valence-corrected chi connectivity index (χ1v) is 7.41. The van der Waals surface area contributed by atoms with Crippen molar-refractivity contribution < 1.29 is 4.74 Å². The summed E-state index contributed by atoms with van der Waals surface area (Å²) < 4.78 is 7.44. The lowest BCUT2D eigenvalue weighted by molar-refractivity contribution is 0.175. The number of para-hydroxylation sites is 2. The van der Waals surface area contributed by atoms with E-state index in [1.807, 2.05) is 36.4 Å². The molecule has 0 bridgehead atoms. The Morgan fingerprint density at radius 2 is 2.05 bits per heavy atom. The predicted molar refractivity (Wildman–Crippen MR) is 91.9 cm³/mol. The van der Waals surface area contributed by atoms with Gasteiger partial charge in [-0.25, -0.2) is 4.98 Å². The molecule has 2 N–H and O–H groups in total. The summed E-state index contributed by atoms with van der Waals surface area (Å²) in [6, 6.07) is 16.1. The van der Waals surface area contributed by atoms with Crippen molar-refractivity contribution in [1.29, 1.82) is 0 Å². The lowest BCUT2D eigenvalue weighted by Crippen LogP contribution is -2.11. The van der Waals surface area contributed by atoms with Crippen molar-refractivity contribution in [2.75, 3.05) is 7.11 Å². The van der Waals surface area contributed by atoms with Crippen LogP contribution in [-0.4, -0.2) is 21.6 Å².